The third-order valence-electron chi connectivity index (χ3n) is 3.75. The fourth-order valence-corrected chi connectivity index (χ4v) is 2.47. The minimum atomic E-state index is 0.236. The maximum atomic E-state index is 9.30. The Balaban J connectivity index is 1.81. The summed E-state index contributed by atoms with van der Waals surface area (Å²) in [6.07, 6.45) is 4.59. The Morgan fingerprint density at radius 3 is 2.93 bits per heavy atom. The topological polar surface area (TPSA) is 32.3 Å². The van der Waals surface area contributed by atoms with Crippen molar-refractivity contribution in [1.29, 1.82) is 0 Å². The molecule has 1 aliphatic carbocycles. The van der Waals surface area contributed by atoms with Gasteiger partial charge in [0.25, 0.3) is 0 Å². The molecule has 0 saturated heterocycles. The predicted molar refractivity (Wildman–Crippen MR) is 61.1 cm³/mol. The van der Waals surface area contributed by atoms with Crippen LogP contribution in [0.25, 0.3) is 0 Å². The minimum absolute atomic E-state index is 0.236. The van der Waals surface area contributed by atoms with Crippen LogP contribution in [-0.4, -0.2) is 18.3 Å². The van der Waals surface area contributed by atoms with Gasteiger partial charge in [0.15, 0.2) is 0 Å². The molecule has 3 rings (SSSR count). The SMILES string of the molecule is OCC1(Cc2ccc3c(c2)CCN3)CC1. The highest BCUT2D eigenvalue weighted by Gasteiger charge is 2.41. The van der Waals surface area contributed by atoms with E-state index in [1.165, 1.54) is 29.7 Å². The molecule has 0 spiro atoms. The quantitative estimate of drug-likeness (QED) is 0.787. The van der Waals surface area contributed by atoms with Gasteiger partial charge in [0.2, 0.25) is 0 Å². The van der Waals surface area contributed by atoms with E-state index in [-0.39, 0.29) is 5.41 Å². The van der Waals surface area contributed by atoms with Crippen molar-refractivity contribution in [2.75, 3.05) is 18.5 Å². The highest BCUT2D eigenvalue weighted by Crippen LogP contribution is 2.48. The zero-order valence-corrected chi connectivity index (χ0v) is 8.92. The van der Waals surface area contributed by atoms with E-state index in [2.05, 4.69) is 23.5 Å². The fraction of sp³-hybridized carbons (Fsp3) is 0.538. The van der Waals surface area contributed by atoms with Crippen LogP contribution in [0.3, 0.4) is 0 Å². The highest BCUT2D eigenvalue weighted by molar-refractivity contribution is 5.56. The summed E-state index contributed by atoms with van der Waals surface area (Å²) in [7, 11) is 0. The third kappa shape index (κ3) is 1.63. The molecular weight excluding hydrogens is 186 g/mol. The number of hydrogen-bond donors (Lipinski definition) is 2. The van der Waals surface area contributed by atoms with E-state index in [0.29, 0.717) is 6.61 Å². The van der Waals surface area contributed by atoms with Gasteiger partial charge >= 0.3 is 0 Å². The Bertz CT molecular complexity index is 382. The van der Waals surface area contributed by atoms with E-state index in [9.17, 15) is 5.11 Å². The van der Waals surface area contributed by atoms with Crippen LogP contribution in [0.4, 0.5) is 5.69 Å². The summed E-state index contributed by atoms with van der Waals surface area (Å²) < 4.78 is 0. The van der Waals surface area contributed by atoms with Crippen LogP contribution in [0.1, 0.15) is 24.0 Å². The van der Waals surface area contributed by atoms with Gasteiger partial charge in [0.05, 0.1) is 0 Å². The van der Waals surface area contributed by atoms with Crippen LogP contribution in [-0.2, 0) is 12.8 Å². The predicted octanol–water partition coefficient (Wildman–Crippen LogP) is 1.97. The smallest absolute Gasteiger partial charge is 0.0490 e. The first kappa shape index (κ1) is 9.22. The van der Waals surface area contributed by atoms with Crippen LogP contribution in [0.2, 0.25) is 0 Å². The second-order valence-electron chi connectivity index (χ2n) is 5.00. The van der Waals surface area contributed by atoms with Crippen molar-refractivity contribution >= 4 is 5.69 Å². The average Bonchev–Trinajstić information content (AvgIpc) is 2.88. The second-order valence-corrected chi connectivity index (χ2v) is 5.00. The molecule has 2 nitrogen and oxygen atoms in total. The number of anilines is 1. The Morgan fingerprint density at radius 1 is 1.33 bits per heavy atom. The summed E-state index contributed by atoms with van der Waals surface area (Å²) in [5.74, 6) is 0. The molecule has 0 aromatic heterocycles. The molecular formula is C13H17NO. The summed E-state index contributed by atoms with van der Waals surface area (Å²) in [5, 5.41) is 12.7. The third-order valence-corrected chi connectivity index (χ3v) is 3.75. The zero-order chi connectivity index (χ0) is 10.3. The van der Waals surface area contributed by atoms with E-state index >= 15 is 0 Å². The Labute approximate surface area is 90.3 Å². The highest BCUT2D eigenvalue weighted by atomic mass is 16.3. The summed E-state index contributed by atoms with van der Waals surface area (Å²) in [6, 6.07) is 6.70. The van der Waals surface area contributed by atoms with Crippen molar-refractivity contribution in [2.24, 2.45) is 5.41 Å². The van der Waals surface area contributed by atoms with Crippen molar-refractivity contribution in [1.82, 2.24) is 0 Å². The zero-order valence-electron chi connectivity index (χ0n) is 8.92. The Hall–Kier alpha value is -1.02. The van der Waals surface area contributed by atoms with E-state index in [1.54, 1.807) is 0 Å². The number of hydrogen-bond acceptors (Lipinski definition) is 2. The lowest BCUT2D eigenvalue weighted by Crippen LogP contribution is -2.10. The molecule has 2 heteroatoms. The minimum Gasteiger partial charge on any atom is -0.396 e. The van der Waals surface area contributed by atoms with Crippen LogP contribution in [0, 0.1) is 5.41 Å². The summed E-state index contributed by atoms with van der Waals surface area (Å²) in [6.45, 7) is 1.42. The number of aliphatic hydroxyl groups is 1. The lowest BCUT2D eigenvalue weighted by Gasteiger charge is -2.12. The van der Waals surface area contributed by atoms with Gasteiger partial charge in [-0.25, -0.2) is 0 Å². The second kappa shape index (κ2) is 3.24. The number of nitrogens with one attached hydrogen (secondary N) is 1. The van der Waals surface area contributed by atoms with Gasteiger partial charge in [-0.1, -0.05) is 12.1 Å². The largest absolute Gasteiger partial charge is 0.396 e. The van der Waals surface area contributed by atoms with Crippen molar-refractivity contribution in [3.63, 3.8) is 0 Å². The summed E-state index contributed by atoms with van der Waals surface area (Å²) >= 11 is 0. The van der Waals surface area contributed by atoms with Gasteiger partial charge in [-0.05, 0) is 48.3 Å². The summed E-state index contributed by atoms with van der Waals surface area (Å²) in [4.78, 5) is 0. The first-order valence-electron chi connectivity index (χ1n) is 5.78. The number of rotatable bonds is 3. The first-order chi connectivity index (χ1) is 7.31. The van der Waals surface area contributed by atoms with Gasteiger partial charge in [0.1, 0.15) is 0 Å². The molecule has 0 bridgehead atoms. The molecule has 0 unspecified atom stereocenters. The lowest BCUT2D eigenvalue weighted by atomic mass is 9.95. The van der Waals surface area contributed by atoms with E-state index in [4.69, 9.17) is 0 Å². The molecule has 1 aliphatic heterocycles. The van der Waals surface area contributed by atoms with Crippen molar-refractivity contribution in [3.8, 4) is 0 Å². The van der Waals surface area contributed by atoms with Crippen LogP contribution < -0.4 is 5.32 Å². The van der Waals surface area contributed by atoms with Crippen LogP contribution in [0.5, 0.6) is 0 Å². The average molecular weight is 203 g/mol. The standard InChI is InChI=1S/C13H17NO/c15-9-13(4-5-13)8-10-1-2-12-11(7-10)3-6-14-12/h1-2,7,14-15H,3-6,8-9H2. The first-order valence-corrected chi connectivity index (χ1v) is 5.78. The molecule has 0 radical (unpaired) electrons. The van der Waals surface area contributed by atoms with Gasteiger partial charge in [0, 0.05) is 18.8 Å². The Morgan fingerprint density at radius 2 is 2.20 bits per heavy atom. The molecule has 80 valence electrons. The molecule has 1 fully saturated rings. The molecule has 15 heavy (non-hydrogen) atoms. The monoisotopic (exact) mass is 203 g/mol. The molecule has 1 heterocycles. The van der Waals surface area contributed by atoms with E-state index in [0.717, 1.165) is 19.4 Å². The molecule has 2 aliphatic rings. The maximum absolute atomic E-state index is 9.30. The molecule has 0 atom stereocenters. The molecule has 1 aromatic carbocycles. The number of fused-ring (bicyclic) bond motifs is 1. The lowest BCUT2D eigenvalue weighted by molar-refractivity contribution is 0.211. The maximum Gasteiger partial charge on any atom is 0.0490 e. The normalized spacial score (nSPS) is 20.9. The van der Waals surface area contributed by atoms with Gasteiger partial charge < -0.3 is 10.4 Å². The van der Waals surface area contributed by atoms with Gasteiger partial charge in [-0.3, -0.25) is 0 Å². The van der Waals surface area contributed by atoms with Gasteiger partial charge in [-0.15, -0.1) is 0 Å². The molecule has 1 saturated carbocycles. The summed E-state index contributed by atoms with van der Waals surface area (Å²) in [5.41, 5.74) is 4.37. The molecule has 1 aromatic rings. The molecule has 0 amide bonds. The van der Waals surface area contributed by atoms with Gasteiger partial charge in [-0.2, -0.15) is 0 Å². The number of benzene rings is 1. The van der Waals surface area contributed by atoms with Crippen molar-refractivity contribution in [3.05, 3.63) is 29.3 Å². The van der Waals surface area contributed by atoms with E-state index in [1.807, 2.05) is 0 Å². The van der Waals surface area contributed by atoms with Crippen molar-refractivity contribution < 1.29 is 5.11 Å². The fourth-order valence-electron chi connectivity index (χ4n) is 2.47. The van der Waals surface area contributed by atoms with Crippen molar-refractivity contribution in [2.45, 2.75) is 25.7 Å². The van der Waals surface area contributed by atoms with Crippen LogP contribution >= 0.6 is 0 Å². The van der Waals surface area contributed by atoms with Crippen LogP contribution in [0.15, 0.2) is 18.2 Å². The Kier molecular flexibility index (Phi) is 1.99. The molecule has 2 N–H and O–H groups in total. The number of aliphatic hydroxyl groups excluding tert-OH is 1. The van der Waals surface area contributed by atoms with E-state index < -0.39 is 0 Å².